The van der Waals surface area contributed by atoms with Crippen molar-refractivity contribution in [2.75, 3.05) is 19.6 Å². The summed E-state index contributed by atoms with van der Waals surface area (Å²) in [6, 6.07) is 18.5. The molecule has 5 nitrogen and oxygen atoms in total. The first-order valence-corrected chi connectivity index (χ1v) is 9.52. The zero-order chi connectivity index (χ0) is 18.6. The first-order chi connectivity index (χ1) is 13.2. The van der Waals surface area contributed by atoms with Crippen molar-refractivity contribution < 1.29 is 5.11 Å². The summed E-state index contributed by atoms with van der Waals surface area (Å²) < 4.78 is 1.95. The molecule has 1 aromatic heterocycles. The van der Waals surface area contributed by atoms with Crippen molar-refractivity contribution in [1.29, 1.82) is 0 Å². The van der Waals surface area contributed by atoms with Crippen LogP contribution in [0.1, 0.15) is 11.1 Å². The van der Waals surface area contributed by atoms with Gasteiger partial charge in [-0.2, -0.15) is 5.10 Å². The SMILES string of the molecule is Cc1ccccc1-c1nn(-c2ccccc2)cc1CNCC1CNCC1O.Cl. The number of β-amino-alcohol motifs (C(OH)–C–C–N with tert-alkyl or cyclic N) is 1. The molecule has 0 radical (unpaired) electrons. The Balaban J connectivity index is 0.00000225. The molecule has 3 aromatic rings. The maximum absolute atomic E-state index is 9.99. The van der Waals surface area contributed by atoms with Crippen molar-refractivity contribution in [1.82, 2.24) is 20.4 Å². The zero-order valence-corrected chi connectivity index (χ0v) is 16.8. The summed E-state index contributed by atoms with van der Waals surface area (Å²) in [7, 11) is 0. The molecule has 2 atom stereocenters. The molecule has 0 saturated carbocycles. The van der Waals surface area contributed by atoms with Crippen molar-refractivity contribution in [2.24, 2.45) is 5.92 Å². The Hall–Kier alpha value is -2.18. The monoisotopic (exact) mass is 398 g/mol. The van der Waals surface area contributed by atoms with E-state index in [4.69, 9.17) is 5.10 Å². The van der Waals surface area contributed by atoms with Crippen LogP contribution in [0, 0.1) is 12.8 Å². The average molecular weight is 399 g/mol. The van der Waals surface area contributed by atoms with Crippen LogP contribution in [0.25, 0.3) is 16.9 Å². The Kier molecular flexibility index (Phi) is 6.86. The number of aliphatic hydroxyl groups excluding tert-OH is 1. The van der Waals surface area contributed by atoms with Crippen molar-refractivity contribution in [3.8, 4) is 16.9 Å². The molecule has 2 unspecified atom stereocenters. The Morgan fingerprint density at radius 3 is 2.57 bits per heavy atom. The summed E-state index contributed by atoms with van der Waals surface area (Å²) in [5.41, 5.74) is 5.59. The molecule has 2 aromatic carbocycles. The molecule has 148 valence electrons. The van der Waals surface area contributed by atoms with Crippen LogP contribution in [0.4, 0.5) is 0 Å². The molecule has 1 aliphatic heterocycles. The fraction of sp³-hybridized carbons (Fsp3) is 0.318. The largest absolute Gasteiger partial charge is 0.391 e. The maximum Gasteiger partial charge on any atom is 0.0975 e. The lowest BCUT2D eigenvalue weighted by Crippen LogP contribution is -2.30. The predicted octanol–water partition coefficient (Wildman–Crippen LogP) is 2.94. The molecule has 2 heterocycles. The Morgan fingerprint density at radius 1 is 1.11 bits per heavy atom. The van der Waals surface area contributed by atoms with Gasteiger partial charge in [-0.1, -0.05) is 42.5 Å². The molecule has 1 saturated heterocycles. The molecule has 0 spiro atoms. The first-order valence-electron chi connectivity index (χ1n) is 9.52. The number of hydrogen-bond acceptors (Lipinski definition) is 4. The summed E-state index contributed by atoms with van der Waals surface area (Å²) in [5.74, 6) is 0.260. The molecule has 0 aliphatic carbocycles. The number of rotatable bonds is 6. The van der Waals surface area contributed by atoms with Crippen LogP contribution in [-0.4, -0.2) is 40.6 Å². The van der Waals surface area contributed by atoms with E-state index < -0.39 is 0 Å². The Labute approximate surface area is 172 Å². The van der Waals surface area contributed by atoms with E-state index in [0.717, 1.165) is 42.1 Å². The number of aliphatic hydroxyl groups is 1. The van der Waals surface area contributed by atoms with Gasteiger partial charge in [0.15, 0.2) is 0 Å². The number of nitrogens with one attached hydrogen (secondary N) is 2. The molecular formula is C22H27ClN4O. The molecule has 0 amide bonds. The smallest absolute Gasteiger partial charge is 0.0975 e. The highest BCUT2D eigenvalue weighted by Gasteiger charge is 2.24. The number of hydrogen-bond donors (Lipinski definition) is 3. The summed E-state index contributed by atoms with van der Waals surface area (Å²) in [6.45, 7) is 5.18. The van der Waals surface area contributed by atoms with Gasteiger partial charge in [0.25, 0.3) is 0 Å². The van der Waals surface area contributed by atoms with Gasteiger partial charge in [-0.05, 0) is 24.6 Å². The van der Waals surface area contributed by atoms with Gasteiger partial charge in [0.1, 0.15) is 0 Å². The number of aryl methyl sites for hydroxylation is 1. The number of benzene rings is 2. The third-order valence-electron chi connectivity index (χ3n) is 5.24. The lowest BCUT2D eigenvalue weighted by molar-refractivity contribution is 0.146. The Bertz CT molecular complexity index is 897. The fourth-order valence-corrected chi connectivity index (χ4v) is 3.64. The van der Waals surface area contributed by atoms with Crippen molar-refractivity contribution in [2.45, 2.75) is 19.6 Å². The predicted molar refractivity (Wildman–Crippen MR) is 115 cm³/mol. The van der Waals surface area contributed by atoms with Crippen LogP contribution in [0.5, 0.6) is 0 Å². The van der Waals surface area contributed by atoms with Gasteiger partial charge in [-0.25, -0.2) is 4.68 Å². The molecule has 28 heavy (non-hydrogen) atoms. The topological polar surface area (TPSA) is 62.1 Å². The molecule has 0 bridgehead atoms. The van der Waals surface area contributed by atoms with Gasteiger partial charge in [0.05, 0.1) is 17.5 Å². The second kappa shape index (κ2) is 9.34. The van der Waals surface area contributed by atoms with E-state index in [1.54, 1.807) is 0 Å². The van der Waals surface area contributed by atoms with Crippen molar-refractivity contribution in [3.63, 3.8) is 0 Å². The quantitative estimate of drug-likeness (QED) is 0.597. The van der Waals surface area contributed by atoms with Crippen LogP contribution < -0.4 is 10.6 Å². The standard InChI is InChI=1S/C22H26N4O.ClH/c1-16-7-5-6-10-20(16)22-18(13-23-11-17-12-24-14-21(17)27)15-26(25-22)19-8-3-2-4-9-19;/h2-10,15,17,21,23-24,27H,11-14H2,1H3;1H. The third-order valence-corrected chi connectivity index (χ3v) is 5.24. The van der Waals surface area contributed by atoms with E-state index in [9.17, 15) is 5.11 Å². The van der Waals surface area contributed by atoms with Gasteiger partial charge in [0, 0.05) is 49.4 Å². The van der Waals surface area contributed by atoms with E-state index in [1.165, 1.54) is 5.56 Å². The average Bonchev–Trinajstić information content (AvgIpc) is 3.30. The lowest BCUT2D eigenvalue weighted by Gasteiger charge is -2.14. The van der Waals surface area contributed by atoms with Gasteiger partial charge >= 0.3 is 0 Å². The fourth-order valence-electron chi connectivity index (χ4n) is 3.64. The summed E-state index contributed by atoms with van der Waals surface area (Å²) in [5, 5.41) is 21.6. The summed E-state index contributed by atoms with van der Waals surface area (Å²) in [6.07, 6.45) is 1.84. The van der Waals surface area contributed by atoms with Crippen LogP contribution in [0.3, 0.4) is 0 Å². The minimum absolute atomic E-state index is 0. The van der Waals surface area contributed by atoms with E-state index in [1.807, 2.05) is 22.9 Å². The maximum atomic E-state index is 9.99. The number of para-hydroxylation sites is 1. The van der Waals surface area contributed by atoms with Gasteiger partial charge in [-0.15, -0.1) is 12.4 Å². The van der Waals surface area contributed by atoms with Crippen LogP contribution >= 0.6 is 12.4 Å². The van der Waals surface area contributed by atoms with Crippen molar-refractivity contribution >= 4 is 12.4 Å². The van der Waals surface area contributed by atoms with Crippen LogP contribution in [0.15, 0.2) is 60.8 Å². The molecular weight excluding hydrogens is 372 g/mol. The second-order valence-electron chi connectivity index (χ2n) is 7.21. The highest BCUT2D eigenvalue weighted by atomic mass is 35.5. The first kappa shape index (κ1) is 20.6. The summed E-state index contributed by atoms with van der Waals surface area (Å²) >= 11 is 0. The van der Waals surface area contributed by atoms with E-state index in [2.05, 4.69) is 60.2 Å². The third kappa shape index (κ3) is 4.45. The van der Waals surface area contributed by atoms with Gasteiger partial charge in [0.2, 0.25) is 0 Å². The zero-order valence-electron chi connectivity index (χ0n) is 16.0. The lowest BCUT2D eigenvalue weighted by atomic mass is 10.0. The Morgan fingerprint density at radius 2 is 1.86 bits per heavy atom. The normalized spacial score (nSPS) is 18.8. The summed E-state index contributed by atoms with van der Waals surface area (Å²) in [4.78, 5) is 0. The molecule has 1 fully saturated rings. The number of nitrogens with zero attached hydrogens (tertiary/aromatic N) is 2. The van der Waals surface area contributed by atoms with Crippen LogP contribution in [0.2, 0.25) is 0 Å². The highest BCUT2D eigenvalue weighted by molar-refractivity contribution is 5.85. The highest BCUT2D eigenvalue weighted by Crippen LogP contribution is 2.26. The molecule has 1 aliphatic rings. The van der Waals surface area contributed by atoms with Gasteiger partial charge in [-0.3, -0.25) is 0 Å². The van der Waals surface area contributed by atoms with E-state index in [0.29, 0.717) is 6.54 Å². The minimum Gasteiger partial charge on any atom is -0.391 e. The second-order valence-corrected chi connectivity index (χ2v) is 7.21. The van der Waals surface area contributed by atoms with E-state index in [-0.39, 0.29) is 24.4 Å². The van der Waals surface area contributed by atoms with Gasteiger partial charge < -0.3 is 15.7 Å². The number of aromatic nitrogens is 2. The minimum atomic E-state index is -0.264. The van der Waals surface area contributed by atoms with Crippen LogP contribution in [-0.2, 0) is 6.54 Å². The molecule has 6 heteroatoms. The molecule has 3 N–H and O–H groups in total. The number of halogens is 1. The van der Waals surface area contributed by atoms with Crippen molar-refractivity contribution in [3.05, 3.63) is 71.9 Å². The van der Waals surface area contributed by atoms with E-state index >= 15 is 0 Å². The molecule has 4 rings (SSSR count).